The highest BCUT2D eigenvalue weighted by Gasteiger charge is 2.15. The summed E-state index contributed by atoms with van der Waals surface area (Å²) in [6.07, 6.45) is 0.577. The molecule has 0 fully saturated rings. The number of hydrogen-bond acceptors (Lipinski definition) is 3. The highest BCUT2D eigenvalue weighted by molar-refractivity contribution is 7.80. The van der Waals surface area contributed by atoms with Crippen molar-refractivity contribution >= 4 is 23.0 Å². The van der Waals surface area contributed by atoms with Crippen LogP contribution in [0.25, 0.3) is 0 Å². The smallest absolute Gasteiger partial charge is 0.134 e. The van der Waals surface area contributed by atoms with E-state index in [1.165, 1.54) is 6.07 Å². The molecule has 0 amide bonds. The molecule has 4 nitrogen and oxygen atoms in total. The molecule has 0 saturated heterocycles. The van der Waals surface area contributed by atoms with Crippen molar-refractivity contribution in [1.29, 1.82) is 0 Å². The molecule has 1 aromatic carbocycles. The summed E-state index contributed by atoms with van der Waals surface area (Å²) in [6.45, 7) is 2.44. The number of anilines is 1. The molecule has 0 aliphatic heterocycles. The third-order valence-corrected chi connectivity index (χ3v) is 3.32. The third-order valence-electron chi connectivity index (χ3n) is 3.11. The molecule has 0 bridgehead atoms. The van der Waals surface area contributed by atoms with Crippen molar-refractivity contribution in [3.8, 4) is 0 Å². The molecule has 0 aliphatic carbocycles. The second-order valence-corrected chi connectivity index (χ2v) is 5.00. The zero-order chi connectivity index (χ0) is 14.7. The van der Waals surface area contributed by atoms with E-state index >= 15 is 0 Å². The number of rotatable bonds is 5. The number of thiocarbonyl (C=S) groups is 1. The first-order valence-corrected chi connectivity index (χ1v) is 6.72. The Morgan fingerprint density at radius 1 is 1.45 bits per heavy atom. The topological polar surface area (TPSA) is 55.9 Å². The van der Waals surface area contributed by atoms with E-state index in [-0.39, 0.29) is 5.82 Å². The Balaban J connectivity index is 2.09. The molecule has 20 heavy (non-hydrogen) atoms. The van der Waals surface area contributed by atoms with Gasteiger partial charge in [-0.25, -0.2) is 4.39 Å². The van der Waals surface area contributed by atoms with Gasteiger partial charge in [-0.05, 0) is 25.0 Å². The summed E-state index contributed by atoms with van der Waals surface area (Å²) in [5, 5.41) is 7.51. The van der Waals surface area contributed by atoms with Crippen molar-refractivity contribution in [2.24, 2.45) is 12.8 Å². The van der Waals surface area contributed by atoms with Gasteiger partial charge in [-0.1, -0.05) is 30.4 Å². The summed E-state index contributed by atoms with van der Waals surface area (Å²) >= 11 is 5.04. The molecular formula is C14H17FN4S. The fraction of sp³-hybridized carbons (Fsp3) is 0.286. The number of nitrogens with zero attached hydrogens (tertiary/aromatic N) is 2. The van der Waals surface area contributed by atoms with E-state index in [1.54, 1.807) is 16.8 Å². The molecule has 0 saturated carbocycles. The van der Waals surface area contributed by atoms with Crippen LogP contribution in [0.15, 0.2) is 24.3 Å². The minimum absolute atomic E-state index is 0.190. The molecule has 0 spiro atoms. The number of aromatic nitrogens is 2. The van der Waals surface area contributed by atoms with Gasteiger partial charge in [0.15, 0.2) is 0 Å². The van der Waals surface area contributed by atoms with E-state index in [9.17, 15) is 4.39 Å². The molecule has 106 valence electrons. The van der Waals surface area contributed by atoms with Crippen LogP contribution in [0.2, 0.25) is 0 Å². The summed E-state index contributed by atoms with van der Waals surface area (Å²) in [6, 6.07) is 6.75. The van der Waals surface area contributed by atoms with Crippen molar-refractivity contribution in [2.75, 3.05) is 11.9 Å². The number of halogens is 1. The van der Waals surface area contributed by atoms with E-state index in [4.69, 9.17) is 18.0 Å². The van der Waals surface area contributed by atoms with Crippen molar-refractivity contribution in [3.63, 3.8) is 0 Å². The molecule has 0 unspecified atom stereocenters. The highest BCUT2D eigenvalue weighted by Crippen LogP contribution is 2.18. The number of hydrogen-bond donors (Lipinski definition) is 2. The van der Waals surface area contributed by atoms with E-state index in [0.29, 0.717) is 23.5 Å². The lowest BCUT2D eigenvalue weighted by molar-refractivity contribution is 0.610. The summed E-state index contributed by atoms with van der Waals surface area (Å²) in [5.41, 5.74) is 7.92. The Hall–Kier alpha value is -1.95. The van der Waals surface area contributed by atoms with E-state index in [1.807, 2.05) is 20.0 Å². The minimum Gasteiger partial charge on any atom is -0.389 e. The fourth-order valence-corrected chi connectivity index (χ4v) is 2.42. The number of aryl methyl sites for hydroxylation is 2. The normalized spacial score (nSPS) is 10.6. The van der Waals surface area contributed by atoms with E-state index in [0.717, 1.165) is 17.1 Å². The van der Waals surface area contributed by atoms with Gasteiger partial charge in [0.1, 0.15) is 16.6 Å². The first kappa shape index (κ1) is 14.5. The predicted octanol–water partition coefficient (Wildman–Crippen LogP) is 2.16. The fourth-order valence-electron chi connectivity index (χ4n) is 2.17. The van der Waals surface area contributed by atoms with Crippen molar-refractivity contribution in [3.05, 3.63) is 46.9 Å². The quantitative estimate of drug-likeness (QED) is 0.829. The average Bonchev–Trinajstić information content (AvgIpc) is 2.66. The second kappa shape index (κ2) is 6.00. The van der Waals surface area contributed by atoms with Gasteiger partial charge in [-0.2, -0.15) is 5.10 Å². The first-order chi connectivity index (χ1) is 9.50. The molecule has 1 aromatic heterocycles. The van der Waals surface area contributed by atoms with Crippen LogP contribution in [0.4, 0.5) is 10.2 Å². The summed E-state index contributed by atoms with van der Waals surface area (Å²) in [7, 11) is 1.82. The van der Waals surface area contributed by atoms with E-state index in [2.05, 4.69) is 10.4 Å². The van der Waals surface area contributed by atoms with Gasteiger partial charge >= 0.3 is 0 Å². The number of benzene rings is 1. The number of nitrogens with two attached hydrogens (primary N) is 1. The zero-order valence-electron chi connectivity index (χ0n) is 11.5. The van der Waals surface area contributed by atoms with E-state index < -0.39 is 0 Å². The van der Waals surface area contributed by atoms with Crippen LogP contribution in [-0.2, 0) is 13.5 Å². The maximum absolute atomic E-state index is 13.5. The standard InChI is InChI=1S/C14H17FN4S/c1-9-12(13(16)20)14(19(2)18-9)17-8-7-10-5-3-4-6-11(10)15/h3-6,17H,7-8H2,1-2H3,(H2,16,20). The Bertz CT molecular complexity index is 636. The first-order valence-electron chi connectivity index (χ1n) is 6.31. The lowest BCUT2D eigenvalue weighted by atomic mass is 10.1. The van der Waals surface area contributed by atoms with Crippen LogP contribution in [0.5, 0.6) is 0 Å². The Morgan fingerprint density at radius 3 is 2.80 bits per heavy atom. The van der Waals surface area contributed by atoms with Crippen molar-refractivity contribution in [1.82, 2.24) is 9.78 Å². The lowest BCUT2D eigenvalue weighted by Gasteiger charge is -2.09. The molecule has 3 N–H and O–H groups in total. The Labute approximate surface area is 122 Å². The van der Waals surface area contributed by atoms with Crippen molar-refractivity contribution in [2.45, 2.75) is 13.3 Å². The lowest BCUT2D eigenvalue weighted by Crippen LogP contribution is -2.16. The summed E-state index contributed by atoms with van der Waals surface area (Å²) in [5.74, 6) is 0.580. The summed E-state index contributed by atoms with van der Waals surface area (Å²) in [4.78, 5) is 0.309. The SMILES string of the molecule is Cc1nn(C)c(NCCc2ccccc2F)c1C(N)=S. The van der Waals surface area contributed by atoms with Gasteiger partial charge in [0.05, 0.1) is 11.3 Å². The molecule has 0 atom stereocenters. The molecule has 6 heteroatoms. The maximum Gasteiger partial charge on any atom is 0.134 e. The molecule has 2 aromatic rings. The van der Waals surface area contributed by atoms with Gasteiger partial charge in [-0.15, -0.1) is 0 Å². The van der Waals surface area contributed by atoms with Crippen LogP contribution in [-0.4, -0.2) is 21.3 Å². The van der Waals surface area contributed by atoms with Gasteiger partial charge < -0.3 is 11.1 Å². The molecule has 0 radical (unpaired) electrons. The van der Waals surface area contributed by atoms with Crippen molar-refractivity contribution < 1.29 is 4.39 Å². The van der Waals surface area contributed by atoms with Crippen LogP contribution in [0.3, 0.4) is 0 Å². The predicted molar refractivity (Wildman–Crippen MR) is 82.4 cm³/mol. The molecular weight excluding hydrogens is 275 g/mol. The molecule has 1 heterocycles. The number of nitrogens with one attached hydrogen (secondary N) is 1. The van der Waals surface area contributed by atoms with Crippen LogP contribution in [0, 0.1) is 12.7 Å². The van der Waals surface area contributed by atoms with Gasteiger partial charge in [0, 0.05) is 13.6 Å². The van der Waals surface area contributed by atoms with Gasteiger partial charge in [0.2, 0.25) is 0 Å². The highest BCUT2D eigenvalue weighted by atomic mass is 32.1. The minimum atomic E-state index is -0.190. The Kier molecular flexibility index (Phi) is 4.34. The monoisotopic (exact) mass is 292 g/mol. The van der Waals surface area contributed by atoms with Gasteiger partial charge in [0.25, 0.3) is 0 Å². The van der Waals surface area contributed by atoms with Crippen LogP contribution >= 0.6 is 12.2 Å². The molecule has 2 rings (SSSR count). The summed E-state index contributed by atoms with van der Waals surface area (Å²) < 4.78 is 15.2. The third kappa shape index (κ3) is 2.96. The average molecular weight is 292 g/mol. The molecule has 0 aliphatic rings. The maximum atomic E-state index is 13.5. The zero-order valence-corrected chi connectivity index (χ0v) is 12.3. The second-order valence-electron chi connectivity index (χ2n) is 4.57. The largest absolute Gasteiger partial charge is 0.389 e. The Morgan fingerprint density at radius 2 is 2.15 bits per heavy atom. The van der Waals surface area contributed by atoms with Crippen LogP contribution in [0.1, 0.15) is 16.8 Å². The van der Waals surface area contributed by atoms with Crippen LogP contribution < -0.4 is 11.1 Å². The van der Waals surface area contributed by atoms with Gasteiger partial charge in [-0.3, -0.25) is 4.68 Å².